The van der Waals surface area contributed by atoms with E-state index < -0.39 is 12.2 Å². The van der Waals surface area contributed by atoms with E-state index in [2.05, 4.69) is 0 Å². The summed E-state index contributed by atoms with van der Waals surface area (Å²) >= 11 is 11.6. The van der Waals surface area contributed by atoms with Crippen LogP contribution in [0.2, 0.25) is 10.0 Å². The fraction of sp³-hybridized carbons (Fsp3) is 0.455. The Balaban J connectivity index is 2.55. The smallest absolute Gasteiger partial charge is 0.0799 e. The van der Waals surface area contributed by atoms with Gasteiger partial charge in [0.15, 0.2) is 0 Å². The van der Waals surface area contributed by atoms with Gasteiger partial charge in [0, 0.05) is 0 Å². The molecule has 0 spiro atoms. The van der Waals surface area contributed by atoms with E-state index in [1.165, 1.54) is 0 Å². The summed E-state index contributed by atoms with van der Waals surface area (Å²) in [5.74, 6) is 0. The molecule has 0 heterocycles. The molecule has 0 saturated heterocycles. The molecular weight excluding hydrogens is 235 g/mol. The monoisotopic (exact) mass is 248 g/mol. The van der Waals surface area contributed by atoms with Crippen LogP contribution in [0, 0.1) is 0 Å². The normalized spacial score (nSPS) is 15.0. The topological polar surface area (TPSA) is 40.5 Å². The van der Waals surface area contributed by atoms with E-state index in [1.807, 2.05) is 6.07 Å². The molecule has 1 aromatic carbocycles. The molecule has 2 unspecified atom stereocenters. The third-order valence-electron chi connectivity index (χ3n) is 2.27. The van der Waals surface area contributed by atoms with Crippen LogP contribution >= 0.6 is 23.2 Å². The van der Waals surface area contributed by atoms with Gasteiger partial charge in [0.25, 0.3) is 0 Å². The van der Waals surface area contributed by atoms with Gasteiger partial charge < -0.3 is 10.2 Å². The van der Waals surface area contributed by atoms with Crippen molar-refractivity contribution < 1.29 is 10.2 Å². The van der Waals surface area contributed by atoms with E-state index >= 15 is 0 Å². The van der Waals surface area contributed by atoms with E-state index in [0.717, 1.165) is 5.56 Å². The molecule has 0 saturated carbocycles. The van der Waals surface area contributed by atoms with Gasteiger partial charge in [-0.25, -0.2) is 0 Å². The second-order valence-electron chi connectivity index (χ2n) is 3.60. The Morgan fingerprint density at radius 1 is 1.20 bits per heavy atom. The molecule has 4 heteroatoms. The minimum atomic E-state index is -0.701. The maximum absolute atomic E-state index is 9.40. The molecule has 0 aliphatic carbocycles. The first-order chi connectivity index (χ1) is 7.00. The number of benzene rings is 1. The van der Waals surface area contributed by atoms with Crippen LogP contribution in [0.3, 0.4) is 0 Å². The molecule has 1 rings (SSSR count). The first kappa shape index (κ1) is 12.8. The Labute approximate surface area is 99.5 Å². The minimum absolute atomic E-state index is 0.510. The summed E-state index contributed by atoms with van der Waals surface area (Å²) in [5, 5.41) is 19.5. The Morgan fingerprint density at radius 2 is 1.87 bits per heavy atom. The van der Waals surface area contributed by atoms with Gasteiger partial charge in [-0.15, -0.1) is 0 Å². The molecule has 2 atom stereocenters. The summed E-state index contributed by atoms with van der Waals surface area (Å²) in [5.41, 5.74) is 1.00. The summed E-state index contributed by atoms with van der Waals surface area (Å²) in [7, 11) is 0. The molecule has 0 fully saturated rings. The van der Waals surface area contributed by atoms with Crippen molar-refractivity contribution in [2.75, 3.05) is 0 Å². The van der Waals surface area contributed by atoms with E-state index in [9.17, 15) is 5.11 Å². The third-order valence-corrected chi connectivity index (χ3v) is 3.01. The van der Waals surface area contributed by atoms with Gasteiger partial charge in [-0.3, -0.25) is 0 Å². The van der Waals surface area contributed by atoms with Crippen molar-refractivity contribution in [3.05, 3.63) is 33.8 Å². The van der Waals surface area contributed by atoms with Crippen LogP contribution in [0.4, 0.5) is 0 Å². The number of hydrogen-bond donors (Lipinski definition) is 2. The van der Waals surface area contributed by atoms with Crippen LogP contribution in [0.15, 0.2) is 18.2 Å². The third kappa shape index (κ3) is 3.99. The number of aliphatic hydroxyl groups is 2. The summed E-state index contributed by atoms with van der Waals surface area (Å²) in [6.45, 7) is 1.57. The molecule has 84 valence electrons. The molecule has 0 aromatic heterocycles. The van der Waals surface area contributed by atoms with Crippen molar-refractivity contribution in [1.82, 2.24) is 0 Å². The highest BCUT2D eigenvalue weighted by molar-refractivity contribution is 6.42. The lowest BCUT2D eigenvalue weighted by Crippen LogP contribution is -2.22. The van der Waals surface area contributed by atoms with Crippen LogP contribution in [-0.2, 0) is 6.42 Å². The highest BCUT2D eigenvalue weighted by Gasteiger charge is 2.10. The zero-order valence-corrected chi connectivity index (χ0v) is 9.96. The minimum Gasteiger partial charge on any atom is -0.391 e. The fourth-order valence-corrected chi connectivity index (χ4v) is 1.57. The Morgan fingerprint density at radius 3 is 2.40 bits per heavy atom. The predicted molar refractivity (Wildman–Crippen MR) is 62.5 cm³/mol. The Kier molecular flexibility index (Phi) is 4.87. The van der Waals surface area contributed by atoms with E-state index in [1.54, 1.807) is 19.1 Å². The summed E-state index contributed by atoms with van der Waals surface area (Å²) < 4.78 is 0. The molecule has 0 aliphatic heterocycles. The lowest BCUT2D eigenvalue weighted by atomic mass is 10.0. The van der Waals surface area contributed by atoms with Crippen molar-refractivity contribution in [2.24, 2.45) is 0 Å². The van der Waals surface area contributed by atoms with Gasteiger partial charge >= 0.3 is 0 Å². The number of aliphatic hydroxyl groups excluding tert-OH is 2. The van der Waals surface area contributed by atoms with Crippen LogP contribution in [0.5, 0.6) is 0 Å². The van der Waals surface area contributed by atoms with E-state index in [0.29, 0.717) is 22.9 Å². The van der Waals surface area contributed by atoms with Crippen LogP contribution in [0.25, 0.3) is 0 Å². The lowest BCUT2D eigenvalue weighted by molar-refractivity contribution is 0.0265. The van der Waals surface area contributed by atoms with Gasteiger partial charge in [0.2, 0.25) is 0 Å². The molecule has 0 bridgehead atoms. The number of rotatable bonds is 4. The molecule has 0 amide bonds. The second kappa shape index (κ2) is 5.71. The average Bonchev–Trinajstić information content (AvgIpc) is 2.19. The summed E-state index contributed by atoms with van der Waals surface area (Å²) in [4.78, 5) is 0. The first-order valence-corrected chi connectivity index (χ1v) is 5.56. The lowest BCUT2D eigenvalue weighted by Gasteiger charge is -2.13. The van der Waals surface area contributed by atoms with E-state index in [-0.39, 0.29) is 0 Å². The Bertz CT molecular complexity index is 326. The van der Waals surface area contributed by atoms with Gasteiger partial charge in [0.05, 0.1) is 22.3 Å². The number of halogens is 2. The standard InChI is InChI=1S/C11H14Cl2O2/c1-7(14)11(15)5-3-8-2-4-9(12)10(13)6-8/h2,4,6-7,11,14-15H,3,5H2,1H3. The number of hydrogen-bond acceptors (Lipinski definition) is 2. The highest BCUT2D eigenvalue weighted by atomic mass is 35.5. The van der Waals surface area contributed by atoms with Crippen LogP contribution in [0.1, 0.15) is 18.9 Å². The molecule has 0 aliphatic rings. The summed E-state index contributed by atoms with van der Waals surface area (Å²) in [6.07, 6.45) is -0.217. The molecule has 15 heavy (non-hydrogen) atoms. The maximum Gasteiger partial charge on any atom is 0.0799 e. The van der Waals surface area contributed by atoms with Gasteiger partial charge in [0.1, 0.15) is 0 Å². The predicted octanol–water partition coefficient (Wildman–Crippen LogP) is 2.67. The zero-order chi connectivity index (χ0) is 11.4. The second-order valence-corrected chi connectivity index (χ2v) is 4.41. The van der Waals surface area contributed by atoms with Gasteiger partial charge in [-0.2, -0.15) is 0 Å². The van der Waals surface area contributed by atoms with Gasteiger partial charge in [-0.05, 0) is 37.5 Å². The first-order valence-electron chi connectivity index (χ1n) is 4.80. The van der Waals surface area contributed by atoms with Crippen molar-refractivity contribution in [1.29, 1.82) is 0 Å². The Hall–Kier alpha value is -0.280. The molecular formula is C11H14Cl2O2. The van der Waals surface area contributed by atoms with Crippen molar-refractivity contribution >= 4 is 23.2 Å². The van der Waals surface area contributed by atoms with Crippen LogP contribution in [-0.4, -0.2) is 22.4 Å². The van der Waals surface area contributed by atoms with E-state index in [4.69, 9.17) is 28.3 Å². The highest BCUT2D eigenvalue weighted by Crippen LogP contribution is 2.23. The maximum atomic E-state index is 9.40. The van der Waals surface area contributed by atoms with Crippen molar-refractivity contribution in [3.8, 4) is 0 Å². The zero-order valence-electron chi connectivity index (χ0n) is 8.45. The quantitative estimate of drug-likeness (QED) is 0.861. The van der Waals surface area contributed by atoms with Crippen molar-refractivity contribution in [3.63, 3.8) is 0 Å². The molecule has 1 aromatic rings. The average molecular weight is 249 g/mol. The fourth-order valence-electron chi connectivity index (χ4n) is 1.25. The van der Waals surface area contributed by atoms with Crippen LogP contribution < -0.4 is 0 Å². The largest absolute Gasteiger partial charge is 0.391 e. The SMILES string of the molecule is CC(O)C(O)CCc1ccc(Cl)c(Cl)c1. The van der Waals surface area contributed by atoms with Gasteiger partial charge in [-0.1, -0.05) is 29.3 Å². The molecule has 2 N–H and O–H groups in total. The molecule has 0 radical (unpaired) electrons. The molecule has 2 nitrogen and oxygen atoms in total. The summed E-state index contributed by atoms with van der Waals surface area (Å²) in [6, 6.07) is 5.37. The van der Waals surface area contributed by atoms with Crippen molar-refractivity contribution in [2.45, 2.75) is 32.0 Å². The number of aryl methyl sites for hydroxylation is 1.